The van der Waals surface area contributed by atoms with Crippen LogP contribution in [-0.2, 0) is 10.0 Å². The molecule has 18 heavy (non-hydrogen) atoms. The predicted molar refractivity (Wildman–Crippen MR) is 71.1 cm³/mol. The zero-order chi connectivity index (χ0) is 13.2. The van der Waals surface area contributed by atoms with Crippen LogP contribution in [-0.4, -0.2) is 30.3 Å². The number of hydrogen-bond donors (Lipinski definition) is 0. The van der Waals surface area contributed by atoms with Gasteiger partial charge in [0.15, 0.2) is 0 Å². The Labute approximate surface area is 113 Å². The van der Waals surface area contributed by atoms with E-state index in [1.54, 1.807) is 4.31 Å². The summed E-state index contributed by atoms with van der Waals surface area (Å²) in [5.74, 6) is 0. The maximum atomic E-state index is 12.5. The first-order chi connectivity index (χ1) is 8.55. The number of aromatic nitrogens is 1. The van der Waals surface area contributed by atoms with E-state index in [4.69, 9.17) is 11.6 Å². The summed E-state index contributed by atoms with van der Waals surface area (Å²) in [6, 6.07) is 3.16. The molecule has 100 valence electrons. The largest absolute Gasteiger partial charge is 0.244 e. The lowest BCUT2D eigenvalue weighted by atomic mass is 10.2. The van der Waals surface area contributed by atoms with Crippen LogP contribution in [0.15, 0.2) is 23.2 Å². The second kappa shape index (κ2) is 5.55. The van der Waals surface area contributed by atoms with Gasteiger partial charge in [0.25, 0.3) is 0 Å². The van der Waals surface area contributed by atoms with E-state index < -0.39 is 10.0 Å². The van der Waals surface area contributed by atoms with Gasteiger partial charge in [0.2, 0.25) is 10.0 Å². The zero-order valence-corrected chi connectivity index (χ0v) is 11.9. The van der Waals surface area contributed by atoms with Crippen molar-refractivity contribution in [2.45, 2.75) is 43.5 Å². The van der Waals surface area contributed by atoms with Crippen molar-refractivity contribution in [2.24, 2.45) is 0 Å². The fraction of sp³-hybridized carbons (Fsp3) is 0.583. The summed E-state index contributed by atoms with van der Waals surface area (Å²) in [6.07, 6.45) is 5.45. The molecular formula is C12H17ClN2O2S. The van der Waals surface area contributed by atoms with Crippen molar-refractivity contribution >= 4 is 21.6 Å². The lowest BCUT2D eigenvalue weighted by molar-refractivity contribution is 0.335. The first-order valence-corrected chi connectivity index (χ1v) is 8.01. The lowest BCUT2D eigenvalue weighted by Crippen LogP contribution is -2.38. The molecule has 0 bridgehead atoms. The minimum Gasteiger partial charge on any atom is -0.243 e. The van der Waals surface area contributed by atoms with E-state index in [9.17, 15) is 8.42 Å². The van der Waals surface area contributed by atoms with Gasteiger partial charge >= 0.3 is 0 Å². The van der Waals surface area contributed by atoms with Gasteiger partial charge in [-0.3, -0.25) is 0 Å². The molecule has 0 saturated heterocycles. The molecule has 1 heterocycles. The van der Waals surface area contributed by atoms with Crippen molar-refractivity contribution in [3.63, 3.8) is 0 Å². The van der Waals surface area contributed by atoms with E-state index in [1.165, 1.54) is 18.3 Å². The quantitative estimate of drug-likeness (QED) is 0.801. The van der Waals surface area contributed by atoms with Crippen molar-refractivity contribution < 1.29 is 8.42 Å². The molecule has 0 amide bonds. The van der Waals surface area contributed by atoms with Gasteiger partial charge in [-0.2, -0.15) is 4.31 Å². The number of pyridine rings is 1. The summed E-state index contributed by atoms with van der Waals surface area (Å²) < 4.78 is 26.6. The number of halogens is 1. The van der Waals surface area contributed by atoms with E-state index in [-0.39, 0.29) is 10.9 Å². The molecule has 0 radical (unpaired) electrons. The summed E-state index contributed by atoms with van der Waals surface area (Å²) >= 11 is 5.68. The van der Waals surface area contributed by atoms with E-state index in [0.717, 1.165) is 25.7 Å². The van der Waals surface area contributed by atoms with Crippen LogP contribution in [0.3, 0.4) is 0 Å². The molecule has 1 aliphatic rings. The van der Waals surface area contributed by atoms with Crippen LogP contribution in [0.1, 0.15) is 32.6 Å². The molecule has 4 nitrogen and oxygen atoms in total. The smallest absolute Gasteiger partial charge is 0.243 e. The van der Waals surface area contributed by atoms with Crippen molar-refractivity contribution in [1.29, 1.82) is 0 Å². The Balaban J connectivity index is 2.30. The average Bonchev–Trinajstić information content (AvgIpc) is 2.84. The summed E-state index contributed by atoms with van der Waals surface area (Å²) in [6.45, 7) is 2.37. The van der Waals surface area contributed by atoms with Crippen molar-refractivity contribution in [1.82, 2.24) is 9.29 Å². The van der Waals surface area contributed by atoms with Crippen molar-refractivity contribution in [3.8, 4) is 0 Å². The fourth-order valence-electron chi connectivity index (χ4n) is 2.47. The maximum absolute atomic E-state index is 12.5. The van der Waals surface area contributed by atoms with Gasteiger partial charge in [0.1, 0.15) is 10.0 Å². The van der Waals surface area contributed by atoms with Gasteiger partial charge < -0.3 is 0 Å². The summed E-state index contributed by atoms with van der Waals surface area (Å²) in [7, 11) is -3.44. The third-order valence-corrected chi connectivity index (χ3v) is 5.59. The van der Waals surface area contributed by atoms with Gasteiger partial charge in [0, 0.05) is 18.8 Å². The highest BCUT2D eigenvalue weighted by molar-refractivity contribution is 7.89. The third-order valence-electron chi connectivity index (χ3n) is 3.35. The molecule has 0 aliphatic heterocycles. The van der Waals surface area contributed by atoms with Crippen LogP contribution in [0.2, 0.25) is 5.15 Å². The minimum absolute atomic E-state index is 0.135. The number of sulfonamides is 1. The minimum atomic E-state index is -3.44. The lowest BCUT2D eigenvalue weighted by Gasteiger charge is -2.26. The van der Waals surface area contributed by atoms with Crippen LogP contribution in [0.5, 0.6) is 0 Å². The van der Waals surface area contributed by atoms with Crippen LogP contribution >= 0.6 is 11.6 Å². The first kappa shape index (κ1) is 13.8. The SMILES string of the molecule is CCN(C1CCCC1)S(=O)(=O)c1ccc(Cl)nc1. The molecule has 1 fully saturated rings. The van der Waals surface area contributed by atoms with Crippen molar-refractivity contribution in [3.05, 3.63) is 23.5 Å². The van der Waals surface area contributed by atoms with E-state index in [2.05, 4.69) is 4.98 Å². The standard InChI is InChI=1S/C12H17ClN2O2S/c1-2-15(10-5-3-4-6-10)18(16,17)11-7-8-12(13)14-9-11/h7-10H,2-6H2,1H3. The predicted octanol–water partition coefficient (Wildman–Crippen LogP) is 2.69. The highest BCUT2D eigenvalue weighted by atomic mass is 35.5. The Hall–Kier alpha value is -0.650. The molecule has 6 heteroatoms. The Kier molecular flexibility index (Phi) is 4.25. The zero-order valence-electron chi connectivity index (χ0n) is 10.3. The Morgan fingerprint density at radius 2 is 2.06 bits per heavy atom. The maximum Gasteiger partial charge on any atom is 0.244 e. The van der Waals surface area contributed by atoms with E-state index in [1.807, 2.05) is 6.92 Å². The molecule has 0 unspecified atom stereocenters. The molecule has 0 spiro atoms. The Morgan fingerprint density at radius 1 is 1.39 bits per heavy atom. The second-order valence-electron chi connectivity index (χ2n) is 4.46. The number of rotatable bonds is 4. The fourth-order valence-corrected chi connectivity index (χ4v) is 4.22. The molecule has 1 aliphatic carbocycles. The average molecular weight is 289 g/mol. The molecule has 2 rings (SSSR count). The van der Waals surface area contributed by atoms with E-state index >= 15 is 0 Å². The van der Waals surface area contributed by atoms with E-state index in [0.29, 0.717) is 11.7 Å². The highest BCUT2D eigenvalue weighted by Crippen LogP contribution is 2.28. The Bertz CT molecular complexity index is 495. The van der Waals surface area contributed by atoms with Gasteiger partial charge in [-0.15, -0.1) is 0 Å². The number of hydrogen-bond acceptors (Lipinski definition) is 3. The van der Waals surface area contributed by atoms with Crippen LogP contribution in [0.25, 0.3) is 0 Å². The molecule has 0 aromatic carbocycles. The Morgan fingerprint density at radius 3 is 2.56 bits per heavy atom. The first-order valence-electron chi connectivity index (χ1n) is 6.19. The van der Waals surface area contributed by atoms with Crippen LogP contribution in [0.4, 0.5) is 0 Å². The van der Waals surface area contributed by atoms with Crippen LogP contribution < -0.4 is 0 Å². The monoisotopic (exact) mass is 288 g/mol. The molecule has 0 atom stereocenters. The molecule has 0 N–H and O–H groups in total. The topological polar surface area (TPSA) is 50.3 Å². The molecule has 1 aromatic heterocycles. The summed E-state index contributed by atoms with van der Waals surface area (Å²) in [5.41, 5.74) is 0. The van der Waals surface area contributed by atoms with Crippen molar-refractivity contribution in [2.75, 3.05) is 6.54 Å². The molecule has 1 aromatic rings. The highest BCUT2D eigenvalue weighted by Gasteiger charge is 2.32. The summed E-state index contributed by atoms with van der Waals surface area (Å²) in [5, 5.41) is 0.304. The summed E-state index contributed by atoms with van der Waals surface area (Å²) in [4.78, 5) is 4.07. The van der Waals surface area contributed by atoms with Gasteiger partial charge in [-0.1, -0.05) is 31.4 Å². The third kappa shape index (κ3) is 2.68. The van der Waals surface area contributed by atoms with Crippen LogP contribution in [0, 0.1) is 0 Å². The van der Waals surface area contributed by atoms with Gasteiger partial charge in [0.05, 0.1) is 0 Å². The normalized spacial score (nSPS) is 17.5. The number of nitrogens with zero attached hydrogens (tertiary/aromatic N) is 2. The molecule has 1 saturated carbocycles. The molecular weight excluding hydrogens is 272 g/mol. The second-order valence-corrected chi connectivity index (χ2v) is 6.74. The van der Waals surface area contributed by atoms with Gasteiger partial charge in [-0.05, 0) is 25.0 Å². The van der Waals surface area contributed by atoms with Gasteiger partial charge in [-0.25, -0.2) is 13.4 Å².